The van der Waals surface area contributed by atoms with Gasteiger partial charge in [-0.3, -0.25) is 0 Å². The molecule has 0 aromatic carbocycles. The van der Waals surface area contributed by atoms with Crippen LogP contribution in [0.2, 0.25) is 0 Å². The summed E-state index contributed by atoms with van der Waals surface area (Å²) in [5, 5.41) is 7.77. The smallest absolute Gasteiger partial charge is 0.226 e. The molecule has 0 saturated heterocycles. The van der Waals surface area contributed by atoms with Gasteiger partial charge in [0.1, 0.15) is 0 Å². The molecule has 112 valence electrons. The van der Waals surface area contributed by atoms with Crippen LogP contribution in [0.1, 0.15) is 25.1 Å². The van der Waals surface area contributed by atoms with Crippen LogP contribution >= 0.6 is 11.3 Å². The van der Waals surface area contributed by atoms with Gasteiger partial charge >= 0.3 is 0 Å². The van der Waals surface area contributed by atoms with Gasteiger partial charge in [-0.2, -0.15) is 11.3 Å². The Balaban J connectivity index is 2.13. The molecule has 2 aromatic heterocycles. The molecule has 21 heavy (non-hydrogen) atoms. The van der Waals surface area contributed by atoms with Gasteiger partial charge in [-0.1, -0.05) is 0 Å². The second-order valence-corrected chi connectivity index (χ2v) is 6.01. The van der Waals surface area contributed by atoms with E-state index in [0.717, 1.165) is 50.7 Å². The average Bonchev–Trinajstić information content (AvgIpc) is 2.93. The second-order valence-electron chi connectivity index (χ2n) is 5.23. The summed E-state index contributed by atoms with van der Waals surface area (Å²) in [6.45, 7) is 8.21. The molecule has 3 heterocycles. The predicted molar refractivity (Wildman–Crippen MR) is 89.2 cm³/mol. The molecule has 5 heteroatoms. The van der Waals surface area contributed by atoms with Crippen LogP contribution < -0.4 is 10.2 Å². The lowest BCUT2D eigenvalue weighted by molar-refractivity contribution is 0.708. The molecule has 0 fully saturated rings. The van der Waals surface area contributed by atoms with Crippen LogP contribution in [0.15, 0.2) is 16.8 Å². The third-order valence-corrected chi connectivity index (χ3v) is 4.70. The maximum atomic E-state index is 4.91. The van der Waals surface area contributed by atoms with E-state index in [1.54, 1.807) is 11.3 Å². The van der Waals surface area contributed by atoms with Crippen molar-refractivity contribution in [3.8, 4) is 11.3 Å². The van der Waals surface area contributed by atoms with Crippen molar-refractivity contribution in [2.75, 3.05) is 31.1 Å². The summed E-state index contributed by atoms with van der Waals surface area (Å²) in [7, 11) is 0. The molecule has 3 rings (SSSR count). The van der Waals surface area contributed by atoms with Crippen LogP contribution in [-0.4, -0.2) is 36.1 Å². The number of hydrogen-bond donors (Lipinski definition) is 1. The first kappa shape index (κ1) is 14.5. The van der Waals surface area contributed by atoms with Crippen LogP contribution in [-0.2, 0) is 12.8 Å². The first-order valence-electron chi connectivity index (χ1n) is 7.71. The Morgan fingerprint density at radius 3 is 2.71 bits per heavy atom. The van der Waals surface area contributed by atoms with E-state index >= 15 is 0 Å². The number of aromatic nitrogens is 2. The van der Waals surface area contributed by atoms with Crippen LogP contribution in [0.4, 0.5) is 5.95 Å². The van der Waals surface area contributed by atoms with Crippen molar-refractivity contribution < 1.29 is 0 Å². The second kappa shape index (κ2) is 6.54. The van der Waals surface area contributed by atoms with E-state index in [2.05, 4.69) is 40.9 Å². The summed E-state index contributed by atoms with van der Waals surface area (Å²) in [6, 6.07) is 2.16. The normalized spacial score (nSPS) is 14.6. The fourth-order valence-corrected chi connectivity index (χ4v) is 3.46. The molecular formula is C16H22N4S. The van der Waals surface area contributed by atoms with Crippen LogP contribution in [0.5, 0.6) is 0 Å². The zero-order valence-corrected chi connectivity index (χ0v) is 13.5. The molecule has 1 N–H and O–H groups in total. The molecular weight excluding hydrogens is 280 g/mol. The molecule has 1 aliphatic heterocycles. The van der Waals surface area contributed by atoms with Crippen molar-refractivity contribution in [2.24, 2.45) is 0 Å². The van der Waals surface area contributed by atoms with Crippen molar-refractivity contribution in [2.45, 2.75) is 26.7 Å². The molecule has 0 bridgehead atoms. The van der Waals surface area contributed by atoms with Gasteiger partial charge in [0, 0.05) is 42.6 Å². The highest BCUT2D eigenvalue weighted by molar-refractivity contribution is 7.08. The van der Waals surface area contributed by atoms with Crippen molar-refractivity contribution >= 4 is 17.3 Å². The lowest BCUT2D eigenvalue weighted by Gasteiger charge is -2.21. The topological polar surface area (TPSA) is 41.1 Å². The lowest BCUT2D eigenvalue weighted by Crippen LogP contribution is -2.25. The van der Waals surface area contributed by atoms with Gasteiger partial charge < -0.3 is 10.2 Å². The standard InChI is InChI=1S/C16H22N4S/c1-3-20(4-2)16-18-14-6-9-17-8-5-13(14)15(19-16)12-7-10-21-11-12/h7,10-11,17H,3-6,8-9H2,1-2H3. The Labute approximate surface area is 130 Å². The quantitative estimate of drug-likeness (QED) is 0.943. The Kier molecular flexibility index (Phi) is 4.51. The fraction of sp³-hybridized carbons (Fsp3) is 0.500. The number of anilines is 1. The molecule has 0 aliphatic carbocycles. The molecule has 0 atom stereocenters. The molecule has 0 unspecified atom stereocenters. The third kappa shape index (κ3) is 2.94. The van der Waals surface area contributed by atoms with Crippen molar-refractivity contribution in [3.63, 3.8) is 0 Å². The SMILES string of the molecule is CCN(CC)c1nc2c(c(-c3ccsc3)n1)CCNCC2. The summed E-state index contributed by atoms with van der Waals surface area (Å²) in [6.07, 6.45) is 2.00. The highest BCUT2D eigenvalue weighted by Crippen LogP contribution is 2.29. The molecule has 0 spiro atoms. The number of rotatable bonds is 4. The van der Waals surface area contributed by atoms with Crippen molar-refractivity contribution in [1.82, 2.24) is 15.3 Å². The first-order valence-corrected chi connectivity index (χ1v) is 8.65. The number of nitrogens with one attached hydrogen (secondary N) is 1. The van der Waals surface area contributed by atoms with Gasteiger partial charge in [0.15, 0.2) is 0 Å². The molecule has 1 aliphatic rings. The van der Waals surface area contributed by atoms with Gasteiger partial charge in [-0.25, -0.2) is 9.97 Å². The lowest BCUT2D eigenvalue weighted by atomic mass is 10.0. The minimum absolute atomic E-state index is 0.877. The molecule has 0 amide bonds. The first-order chi connectivity index (χ1) is 10.3. The Morgan fingerprint density at radius 1 is 1.19 bits per heavy atom. The Morgan fingerprint density at radius 2 is 2.00 bits per heavy atom. The zero-order valence-electron chi connectivity index (χ0n) is 12.7. The van der Waals surface area contributed by atoms with E-state index in [1.807, 2.05) is 0 Å². The average molecular weight is 302 g/mol. The van der Waals surface area contributed by atoms with Crippen molar-refractivity contribution in [3.05, 3.63) is 28.1 Å². The summed E-state index contributed by atoms with van der Waals surface area (Å²) < 4.78 is 0. The van der Waals surface area contributed by atoms with Crippen LogP contribution in [0, 0.1) is 0 Å². The minimum atomic E-state index is 0.877. The monoisotopic (exact) mass is 302 g/mol. The van der Waals surface area contributed by atoms with Crippen LogP contribution in [0.25, 0.3) is 11.3 Å². The molecule has 2 aromatic rings. The maximum Gasteiger partial charge on any atom is 0.226 e. The number of hydrogen-bond acceptors (Lipinski definition) is 5. The Hall–Kier alpha value is -1.46. The molecule has 4 nitrogen and oxygen atoms in total. The summed E-state index contributed by atoms with van der Waals surface area (Å²) in [5.74, 6) is 0.877. The van der Waals surface area contributed by atoms with Gasteiger partial charge in [-0.05, 0) is 38.3 Å². The summed E-state index contributed by atoms with van der Waals surface area (Å²) in [4.78, 5) is 12.0. The maximum absolute atomic E-state index is 4.91. The van der Waals surface area contributed by atoms with Gasteiger partial charge in [-0.15, -0.1) is 0 Å². The van der Waals surface area contributed by atoms with E-state index in [0.29, 0.717) is 0 Å². The highest BCUT2D eigenvalue weighted by Gasteiger charge is 2.19. The van der Waals surface area contributed by atoms with E-state index in [1.165, 1.54) is 16.8 Å². The number of nitrogens with zero attached hydrogens (tertiary/aromatic N) is 3. The fourth-order valence-electron chi connectivity index (χ4n) is 2.82. The van der Waals surface area contributed by atoms with Gasteiger partial charge in [0.05, 0.1) is 11.4 Å². The summed E-state index contributed by atoms with van der Waals surface area (Å²) in [5.41, 5.74) is 4.91. The number of thiophene rings is 1. The van der Waals surface area contributed by atoms with Crippen LogP contribution in [0.3, 0.4) is 0 Å². The zero-order chi connectivity index (χ0) is 14.7. The van der Waals surface area contributed by atoms with E-state index < -0.39 is 0 Å². The molecule has 0 saturated carbocycles. The van der Waals surface area contributed by atoms with E-state index in [4.69, 9.17) is 9.97 Å². The van der Waals surface area contributed by atoms with Crippen molar-refractivity contribution in [1.29, 1.82) is 0 Å². The van der Waals surface area contributed by atoms with E-state index in [9.17, 15) is 0 Å². The van der Waals surface area contributed by atoms with E-state index in [-0.39, 0.29) is 0 Å². The highest BCUT2D eigenvalue weighted by atomic mass is 32.1. The molecule has 0 radical (unpaired) electrons. The predicted octanol–water partition coefficient (Wildman–Crippen LogP) is 2.74. The number of fused-ring (bicyclic) bond motifs is 1. The Bertz CT molecular complexity index is 591. The van der Waals surface area contributed by atoms with Gasteiger partial charge in [0.25, 0.3) is 0 Å². The summed E-state index contributed by atoms with van der Waals surface area (Å²) >= 11 is 1.73. The largest absolute Gasteiger partial charge is 0.341 e. The third-order valence-electron chi connectivity index (χ3n) is 4.01. The van der Waals surface area contributed by atoms with Gasteiger partial charge in [0.2, 0.25) is 5.95 Å². The minimum Gasteiger partial charge on any atom is -0.341 e.